The molecule has 1 aromatic carbocycles. The van der Waals surface area contributed by atoms with Crippen molar-refractivity contribution in [1.82, 2.24) is 9.78 Å². The molecule has 3 nitrogen and oxygen atoms in total. The monoisotopic (exact) mass is 345 g/mol. The van der Waals surface area contributed by atoms with E-state index in [4.69, 9.17) is 17.3 Å². The van der Waals surface area contributed by atoms with Crippen molar-refractivity contribution in [2.24, 2.45) is 12.8 Å². The highest BCUT2D eigenvalue weighted by molar-refractivity contribution is 9.10. The summed E-state index contributed by atoms with van der Waals surface area (Å²) in [6.45, 7) is 0. The van der Waals surface area contributed by atoms with E-state index in [-0.39, 0.29) is 6.04 Å². The number of thioether (sulfide) groups is 1. The lowest BCUT2D eigenvalue weighted by Crippen LogP contribution is -2.17. The van der Waals surface area contributed by atoms with Gasteiger partial charge in [0.2, 0.25) is 0 Å². The zero-order valence-corrected chi connectivity index (χ0v) is 13.0. The molecule has 6 heteroatoms. The summed E-state index contributed by atoms with van der Waals surface area (Å²) in [4.78, 5) is 1.17. The van der Waals surface area contributed by atoms with Crippen LogP contribution in [0, 0.1) is 0 Å². The molecule has 1 aromatic heterocycles. The summed E-state index contributed by atoms with van der Waals surface area (Å²) in [6, 6.07) is 7.95. The average Bonchev–Trinajstić information content (AvgIpc) is 2.68. The van der Waals surface area contributed by atoms with Gasteiger partial charge in [0.25, 0.3) is 0 Å². The Kier molecular flexibility index (Phi) is 4.72. The van der Waals surface area contributed by atoms with Crippen molar-refractivity contribution in [2.45, 2.75) is 10.9 Å². The lowest BCUT2D eigenvalue weighted by atomic mass is 10.2. The first-order chi connectivity index (χ1) is 8.59. The Morgan fingerprint density at radius 1 is 1.50 bits per heavy atom. The van der Waals surface area contributed by atoms with Crippen molar-refractivity contribution in [1.29, 1.82) is 0 Å². The van der Waals surface area contributed by atoms with Crippen LogP contribution in [0.4, 0.5) is 0 Å². The van der Waals surface area contributed by atoms with Gasteiger partial charge in [0.05, 0.1) is 23.0 Å². The van der Waals surface area contributed by atoms with Crippen LogP contribution in [0.3, 0.4) is 0 Å². The van der Waals surface area contributed by atoms with Gasteiger partial charge in [0, 0.05) is 22.2 Å². The summed E-state index contributed by atoms with van der Waals surface area (Å²) in [6.07, 6.45) is 1.62. The van der Waals surface area contributed by atoms with E-state index >= 15 is 0 Å². The van der Waals surface area contributed by atoms with Crippen molar-refractivity contribution >= 4 is 39.3 Å². The molecule has 0 aliphatic carbocycles. The lowest BCUT2D eigenvalue weighted by Gasteiger charge is -2.13. The maximum absolute atomic E-state index is 6.16. The smallest absolute Gasteiger partial charge is 0.0834 e. The molecule has 0 radical (unpaired) electrons. The number of nitrogens with two attached hydrogens (primary N) is 1. The summed E-state index contributed by atoms with van der Waals surface area (Å²) in [5.74, 6) is 0.752. The maximum Gasteiger partial charge on any atom is 0.0834 e. The summed E-state index contributed by atoms with van der Waals surface area (Å²) >= 11 is 11.3. The van der Waals surface area contributed by atoms with Crippen molar-refractivity contribution < 1.29 is 0 Å². The molecule has 0 bridgehead atoms. The van der Waals surface area contributed by atoms with Crippen LogP contribution in [0.25, 0.3) is 0 Å². The Bertz CT molecular complexity index is 524. The van der Waals surface area contributed by atoms with Crippen molar-refractivity contribution in [3.05, 3.63) is 45.7 Å². The fourth-order valence-electron chi connectivity index (χ4n) is 1.66. The Morgan fingerprint density at radius 2 is 2.22 bits per heavy atom. The minimum absolute atomic E-state index is 0.137. The molecule has 2 aromatic rings. The average molecular weight is 347 g/mol. The van der Waals surface area contributed by atoms with Crippen molar-refractivity contribution in [2.75, 3.05) is 5.75 Å². The number of halogens is 2. The molecule has 1 heterocycles. The minimum atomic E-state index is -0.137. The van der Waals surface area contributed by atoms with E-state index in [1.54, 1.807) is 22.6 Å². The molecule has 2 rings (SSSR count). The highest BCUT2D eigenvalue weighted by atomic mass is 79.9. The van der Waals surface area contributed by atoms with Gasteiger partial charge < -0.3 is 5.73 Å². The van der Waals surface area contributed by atoms with Gasteiger partial charge in [-0.25, -0.2) is 0 Å². The predicted octanol–water partition coefficient (Wildman–Crippen LogP) is 3.63. The molecule has 2 N–H and O–H groups in total. The SMILES string of the molecule is Cn1ncc(Cl)c1C(N)CSc1ccccc1Br. The Labute approximate surface area is 124 Å². The summed E-state index contributed by atoms with van der Waals surface area (Å²) in [5, 5.41) is 4.72. The van der Waals surface area contributed by atoms with Gasteiger partial charge in [0.1, 0.15) is 0 Å². The van der Waals surface area contributed by atoms with Gasteiger partial charge >= 0.3 is 0 Å². The number of rotatable bonds is 4. The number of nitrogens with zero attached hydrogens (tertiary/aromatic N) is 2. The van der Waals surface area contributed by atoms with Gasteiger partial charge in [-0.1, -0.05) is 23.7 Å². The minimum Gasteiger partial charge on any atom is -0.322 e. The molecule has 0 amide bonds. The first kappa shape index (κ1) is 13.9. The van der Waals surface area contributed by atoms with E-state index in [1.807, 2.05) is 25.2 Å². The number of benzene rings is 1. The zero-order valence-electron chi connectivity index (χ0n) is 9.81. The Morgan fingerprint density at radius 3 is 2.83 bits per heavy atom. The molecular weight excluding hydrogens is 334 g/mol. The van der Waals surface area contributed by atoms with Crippen LogP contribution in [0.15, 0.2) is 39.8 Å². The summed E-state index contributed by atoms with van der Waals surface area (Å²) in [7, 11) is 1.85. The molecule has 0 fully saturated rings. The maximum atomic E-state index is 6.16. The number of hydrogen-bond acceptors (Lipinski definition) is 3. The second-order valence-corrected chi connectivity index (χ2v) is 6.17. The van der Waals surface area contributed by atoms with E-state index in [0.29, 0.717) is 5.02 Å². The van der Waals surface area contributed by atoms with Gasteiger partial charge in [-0.2, -0.15) is 5.10 Å². The number of aryl methyl sites for hydroxylation is 1. The normalized spacial score (nSPS) is 12.7. The fraction of sp³-hybridized carbons (Fsp3) is 0.250. The highest BCUT2D eigenvalue weighted by Gasteiger charge is 2.15. The molecule has 96 valence electrons. The molecule has 0 spiro atoms. The lowest BCUT2D eigenvalue weighted by molar-refractivity contribution is 0.659. The topological polar surface area (TPSA) is 43.8 Å². The van der Waals surface area contributed by atoms with Crippen LogP contribution < -0.4 is 5.73 Å². The van der Waals surface area contributed by atoms with Crippen LogP contribution in [0.5, 0.6) is 0 Å². The van der Waals surface area contributed by atoms with E-state index < -0.39 is 0 Å². The molecule has 0 saturated carbocycles. The fourth-order valence-corrected chi connectivity index (χ4v) is 3.49. The van der Waals surface area contributed by atoms with E-state index in [0.717, 1.165) is 15.9 Å². The standard InChI is InChI=1S/C12H13BrClN3S/c1-17-12(9(14)6-16-17)10(15)7-18-11-5-3-2-4-8(11)13/h2-6,10H,7,15H2,1H3. The molecule has 0 aliphatic rings. The second-order valence-electron chi connectivity index (χ2n) is 3.85. The third-order valence-electron chi connectivity index (χ3n) is 2.54. The van der Waals surface area contributed by atoms with Crippen molar-refractivity contribution in [3.8, 4) is 0 Å². The van der Waals surface area contributed by atoms with E-state index in [2.05, 4.69) is 27.1 Å². The van der Waals surface area contributed by atoms with Crippen LogP contribution in [0.1, 0.15) is 11.7 Å². The van der Waals surface area contributed by atoms with Gasteiger partial charge in [0.15, 0.2) is 0 Å². The van der Waals surface area contributed by atoms with E-state index in [1.165, 1.54) is 4.90 Å². The van der Waals surface area contributed by atoms with Crippen LogP contribution in [-0.2, 0) is 7.05 Å². The quantitative estimate of drug-likeness (QED) is 0.860. The highest BCUT2D eigenvalue weighted by Crippen LogP contribution is 2.31. The molecule has 18 heavy (non-hydrogen) atoms. The zero-order chi connectivity index (χ0) is 13.1. The summed E-state index contributed by atoms with van der Waals surface area (Å²) in [5.41, 5.74) is 7.03. The Balaban J connectivity index is 2.05. The molecular formula is C12H13BrClN3S. The third kappa shape index (κ3) is 3.09. The van der Waals surface area contributed by atoms with Crippen LogP contribution in [0.2, 0.25) is 5.02 Å². The van der Waals surface area contributed by atoms with Gasteiger partial charge in [-0.3, -0.25) is 4.68 Å². The first-order valence-corrected chi connectivity index (χ1v) is 7.55. The second kappa shape index (κ2) is 6.10. The molecule has 1 unspecified atom stereocenters. The van der Waals surface area contributed by atoms with Crippen LogP contribution in [-0.4, -0.2) is 15.5 Å². The third-order valence-corrected chi connectivity index (χ3v) is 4.98. The first-order valence-electron chi connectivity index (χ1n) is 5.40. The van der Waals surface area contributed by atoms with Crippen molar-refractivity contribution in [3.63, 3.8) is 0 Å². The molecule has 1 atom stereocenters. The molecule has 0 saturated heterocycles. The van der Waals surface area contributed by atoms with Gasteiger partial charge in [-0.05, 0) is 28.1 Å². The van der Waals surface area contributed by atoms with Crippen LogP contribution >= 0.6 is 39.3 Å². The largest absolute Gasteiger partial charge is 0.322 e. The van der Waals surface area contributed by atoms with Gasteiger partial charge in [-0.15, -0.1) is 11.8 Å². The predicted molar refractivity (Wildman–Crippen MR) is 80.0 cm³/mol. The number of aromatic nitrogens is 2. The van der Waals surface area contributed by atoms with E-state index in [9.17, 15) is 0 Å². The Hall–Kier alpha value is -0.490. The number of hydrogen-bond donors (Lipinski definition) is 1. The summed E-state index contributed by atoms with van der Waals surface area (Å²) < 4.78 is 2.81. The molecule has 0 aliphatic heterocycles.